The summed E-state index contributed by atoms with van der Waals surface area (Å²) in [6.07, 6.45) is 2.29. The molecule has 0 N–H and O–H groups in total. The van der Waals surface area contributed by atoms with E-state index in [1.165, 1.54) is 0 Å². The highest BCUT2D eigenvalue weighted by atomic mass is 35.5. The minimum absolute atomic E-state index is 0.337. The summed E-state index contributed by atoms with van der Waals surface area (Å²) in [5.41, 5.74) is 2.33. The van der Waals surface area contributed by atoms with Gasteiger partial charge in [-0.1, -0.05) is 29.8 Å². The molecule has 0 radical (unpaired) electrons. The van der Waals surface area contributed by atoms with Crippen LogP contribution in [0.2, 0.25) is 5.02 Å². The molecule has 0 amide bonds. The van der Waals surface area contributed by atoms with E-state index in [4.69, 9.17) is 21.1 Å². The fourth-order valence-corrected chi connectivity index (χ4v) is 2.51. The molecular formula is C17H13ClO3. The second-order valence-corrected chi connectivity index (χ2v) is 5.17. The average molecular weight is 301 g/mol. The first kappa shape index (κ1) is 13.7. The average Bonchev–Trinajstić information content (AvgIpc) is 2.49. The van der Waals surface area contributed by atoms with Gasteiger partial charge in [0.1, 0.15) is 11.5 Å². The molecular weight excluding hydrogens is 288 g/mol. The molecule has 0 spiro atoms. The number of hydrogen-bond acceptors (Lipinski definition) is 3. The molecule has 2 aromatic rings. The molecule has 3 rings (SSSR count). The van der Waals surface area contributed by atoms with Gasteiger partial charge in [0.05, 0.1) is 7.11 Å². The molecule has 21 heavy (non-hydrogen) atoms. The number of ether oxygens (including phenoxy) is 2. The van der Waals surface area contributed by atoms with Crippen LogP contribution in [0.1, 0.15) is 11.1 Å². The van der Waals surface area contributed by atoms with Crippen molar-refractivity contribution in [3.8, 4) is 11.5 Å². The highest BCUT2D eigenvalue weighted by Crippen LogP contribution is 2.32. The smallest absolute Gasteiger partial charge is 0.339 e. The van der Waals surface area contributed by atoms with E-state index in [0.717, 1.165) is 16.9 Å². The first-order valence-corrected chi connectivity index (χ1v) is 6.89. The van der Waals surface area contributed by atoms with Crippen LogP contribution in [0.25, 0.3) is 6.08 Å². The van der Waals surface area contributed by atoms with Crippen molar-refractivity contribution in [2.45, 2.75) is 6.42 Å². The number of para-hydroxylation sites is 1. The largest absolute Gasteiger partial charge is 0.496 e. The number of carbonyl (C=O) groups is 1. The highest BCUT2D eigenvalue weighted by molar-refractivity contribution is 6.30. The Kier molecular flexibility index (Phi) is 3.67. The van der Waals surface area contributed by atoms with Gasteiger partial charge in [-0.3, -0.25) is 0 Å². The van der Waals surface area contributed by atoms with Crippen LogP contribution in [0.15, 0.2) is 48.0 Å². The molecule has 0 unspecified atom stereocenters. The Morgan fingerprint density at radius 3 is 2.86 bits per heavy atom. The van der Waals surface area contributed by atoms with Crippen LogP contribution in [0.4, 0.5) is 0 Å². The summed E-state index contributed by atoms with van der Waals surface area (Å²) in [7, 11) is 1.60. The van der Waals surface area contributed by atoms with Crippen molar-refractivity contribution < 1.29 is 14.3 Å². The molecule has 0 bridgehead atoms. The lowest BCUT2D eigenvalue weighted by atomic mass is 9.99. The lowest BCUT2D eigenvalue weighted by molar-refractivity contribution is -0.130. The van der Waals surface area contributed by atoms with E-state index in [1.54, 1.807) is 25.3 Å². The lowest BCUT2D eigenvalue weighted by Crippen LogP contribution is -2.19. The monoisotopic (exact) mass is 300 g/mol. The normalized spacial score (nSPS) is 15.5. The van der Waals surface area contributed by atoms with Crippen LogP contribution in [0.5, 0.6) is 11.5 Å². The lowest BCUT2D eigenvalue weighted by Gasteiger charge is -2.18. The van der Waals surface area contributed by atoms with Crippen LogP contribution in [0, 0.1) is 0 Å². The number of hydrogen-bond donors (Lipinski definition) is 0. The molecule has 0 aliphatic carbocycles. The number of esters is 1. The van der Waals surface area contributed by atoms with Gasteiger partial charge < -0.3 is 9.47 Å². The summed E-state index contributed by atoms with van der Waals surface area (Å²) < 4.78 is 10.6. The second kappa shape index (κ2) is 5.62. The van der Waals surface area contributed by atoms with Gasteiger partial charge in [0.15, 0.2) is 0 Å². The highest BCUT2D eigenvalue weighted by Gasteiger charge is 2.22. The van der Waals surface area contributed by atoms with Gasteiger partial charge in [0.25, 0.3) is 0 Å². The zero-order chi connectivity index (χ0) is 14.8. The first-order valence-electron chi connectivity index (χ1n) is 6.51. The standard InChI is InChI=1S/C17H13ClO3/c1-20-15-5-3-2-4-11(15)8-13-9-12-10-14(18)6-7-16(12)21-17(13)19/h2-8,10H,9H2,1H3/b13-8+. The van der Waals surface area contributed by atoms with Crippen molar-refractivity contribution in [3.63, 3.8) is 0 Å². The predicted octanol–water partition coefficient (Wildman–Crippen LogP) is 3.89. The van der Waals surface area contributed by atoms with E-state index in [0.29, 0.717) is 22.8 Å². The Morgan fingerprint density at radius 2 is 2.05 bits per heavy atom. The van der Waals surface area contributed by atoms with Crippen LogP contribution in [-0.4, -0.2) is 13.1 Å². The van der Waals surface area contributed by atoms with Crippen molar-refractivity contribution >= 4 is 23.6 Å². The topological polar surface area (TPSA) is 35.5 Å². The summed E-state index contributed by atoms with van der Waals surface area (Å²) in [4.78, 5) is 12.1. The van der Waals surface area contributed by atoms with Crippen LogP contribution >= 0.6 is 11.6 Å². The van der Waals surface area contributed by atoms with Gasteiger partial charge >= 0.3 is 5.97 Å². The van der Waals surface area contributed by atoms with Crippen molar-refractivity contribution in [1.29, 1.82) is 0 Å². The fourth-order valence-electron chi connectivity index (χ4n) is 2.31. The molecule has 0 atom stereocenters. The quantitative estimate of drug-likeness (QED) is 0.479. The molecule has 1 heterocycles. The third kappa shape index (κ3) is 2.78. The van der Waals surface area contributed by atoms with Crippen molar-refractivity contribution in [2.75, 3.05) is 7.11 Å². The van der Waals surface area contributed by atoms with E-state index >= 15 is 0 Å². The predicted molar refractivity (Wildman–Crippen MR) is 81.8 cm³/mol. The van der Waals surface area contributed by atoms with E-state index in [2.05, 4.69) is 0 Å². The van der Waals surface area contributed by atoms with Crippen LogP contribution in [0.3, 0.4) is 0 Å². The molecule has 0 fully saturated rings. The molecule has 1 aliphatic heterocycles. The number of methoxy groups -OCH3 is 1. The van der Waals surface area contributed by atoms with Crippen LogP contribution < -0.4 is 9.47 Å². The maximum Gasteiger partial charge on any atom is 0.339 e. The molecule has 106 valence electrons. The first-order chi connectivity index (χ1) is 10.2. The van der Waals surface area contributed by atoms with E-state index in [9.17, 15) is 4.79 Å². The maximum absolute atomic E-state index is 12.1. The minimum atomic E-state index is -0.337. The van der Waals surface area contributed by atoms with Crippen LogP contribution in [-0.2, 0) is 11.2 Å². The number of rotatable bonds is 2. The number of carbonyl (C=O) groups excluding carboxylic acids is 1. The zero-order valence-electron chi connectivity index (χ0n) is 11.4. The van der Waals surface area contributed by atoms with Crippen molar-refractivity contribution in [2.24, 2.45) is 0 Å². The van der Waals surface area contributed by atoms with E-state index in [-0.39, 0.29) is 5.97 Å². The van der Waals surface area contributed by atoms with Crippen molar-refractivity contribution in [1.82, 2.24) is 0 Å². The minimum Gasteiger partial charge on any atom is -0.496 e. The molecule has 0 saturated carbocycles. The van der Waals surface area contributed by atoms with Gasteiger partial charge in [-0.2, -0.15) is 0 Å². The summed E-state index contributed by atoms with van der Waals surface area (Å²) in [6, 6.07) is 12.8. The third-order valence-corrected chi connectivity index (χ3v) is 3.57. The molecule has 4 heteroatoms. The fraction of sp³-hybridized carbons (Fsp3) is 0.118. The Bertz CT molecular complexity index is 735. The zero-order valence-corrected chi connectivity index (χ0v) is 12.2. The van der Waals surface area contributed by atoms with E-state index < -0.39 is 0 Å². The Morgan fingerprint density at radius 1 is 1.24 bits per heavy atom. The number of halogens is 1. The summed E-state index contributed by atoms with van der Waals surface area (Å²) >= 11 is 5.99. The Hall–Kier alpha value is -2.26. The van der Waals surface area contributed by atoms with Gasteiger partial charge in [0.2, 0.25) is 0 Å². The van der Waals surface area contributed by atoms with Gasteiger partial charge in [-0.25, -0.2) is 4.79 Å². The summed E-state index contributed by atoms with van der Waals surface area (Å²) in [5, 5.41) is 0.628. The molecule has 0 saturated heterocycles. The number of fused-ring (bicyclic) bond motifs is 1. The van der Waals surface area contributed by atoms with Gasteiger partial charge in [-0.15, -0.1) is 0 Å². The number of benzene rings is 2. The van der Waals surface area contributed by atoms with Gasteiger partial charge in [0, 0.05) is 28.1 Å². The molecule has 0 aromatic heterocycles. The summed E-state index contributed by atoms with van der Waals surface area (Å²) in [5.74, 6) is 0.951. The molecule has 3 nitrogen and oxygen atoms in total. The van der Waals surface area contributed by atoms with E-state index in [1.807, 2.05) is 30.3 Å². The maximum atomic E-state index is 12.1. The molecule has 2 aromatic carbocycles. The van der Waals surface area contributed by atoms with Crippen molar-refractivity contribution in [3.05, 3.63) is 64.2 Å². The Balaban J connectivity index is 1.99. The third-order valence-electron chi connectivity index (χ3n) is 3.34. The summed E-state index contributed by atoms with van der Waals surface area (Å²) in [6.45, 7) is 0. The SMILES string of the molecule is COc1ccccc1/C=C1\Cc2cc(Cl)ccc2OC1=O. The van der Waals surface area contributed by atoms with Gasteiger partial charge in [-0.05, 0) is 30.3 Å². The Labute approximate surface area is 127 Å². The second-order valence-electron chi connectivity index (χ2n) is 4.73. The molecule has 1 aliphatic rings.